The molecule has 0 saturated carbocycles. The molecular formula is C15H11ClF3NO. The van der Waals surface area contributed by atoms with Crippen molar-refractivity contribution in [3.8, 4) is 0 Å². The lowest BCUT2D eigenvalue weighted by Crippen LogP contribution is -2.13. The second-order valence-corrected chi connectivity index (χ2v) is 4.90. The van der Waals surface area contributed by atoms with Gasteiger partial charge in [0.05, 0.1) is 5.56 Å². The zero-order valence-electron chi connectivity index (χ0n) is 11.0. The second-order valence-electron chi connectivity index (χ2n) is 4.50. The molecule has 0 aliphatic rings. The average molecular weight is 314 g/mol. The van der Waals surface area contributed by atoms with Crippen molar-refractivity contribution < 1.29 is 18.0 Å². The Hall–Kier alpha value is -2.01. The Morgan fingerprint density at radius 3 is 2.48 bits per heavy atom. The van der Waals surface area contributed by atoms with Gasteiger partial charge in [0, 0.05) is 16.3 Å². The van der Waals surface area contributed by atoms with Gasteiger partial charge in [-0.1, -0.05) is 17.7 Å². The van der Waals surface area contributed by atoms with Gasteiger partial charge in [-0.2, -0.15) is 13.2 Å². The van der Waals surface area contributed by atoms with Crippen molar-refractivity contribution in [3.05, 3.63) is 64.2 Å². The van der Waals surface area contributed by atoms with Gasteiger partial charge in [0.15, 0.2) is 0 Å². The topological polar surface area (TPSA) is 29.1 Å². The maximum absolute atomic E-state index is 12.6. The van der Waals surface area contributed by atoms with Crippen LogP contribution in [0.1, 0.15) is 21.5 Å². The van der Waals surface area contributed by atoms with Crippen molar-refractivity contribution in [2.45, 2.75) is 13.1 Å². The van der Waals surface area contributed by atoms with Gasteiger partial charge < -0.3 is 5.32 Å². The molecule has 1 amide bonds. The van der Waals surface area contributed by atoms with Gasteiger partial charge in [0.25, 0.3) is 5.91 Å². The molecule has 6 heteroatoms. The van der Waals surface area contributed by atoms with Crippen LogP contribution in [0.2, 0.25) is 5.02 Å². The minimum atomic E-state index is -4.45. The van der Waals surface area contributed by atoms with Gasteiger partial charge >= 0.3 is 6.18 Å². The molecule has 0 bridgehead atoms. The average Bonchev–Trinajstić information content (AvgIpc) is 2.41. The fourth-order valence-corrected chi connectivity index (χ4v) is 1.88. The first-order chi connectivity index (χ1) is 9.77. The summed E-state index contributed by atoms with van der Waals surface area (Å²) in [4.78, 5) is 12.0. The van der Waals surface area contributed by atoms with Crippen LogP contribution in [0, 0.1) is 6.92 Å². The van der Waals surface area contributed by atoms with Crippen LogP contribution in [0.25, 0.3) is 0 Å². The van der Waals surface area contributed by atoms with Gasteiger partial charge in [-0.3, -0.25) is 4.79 Å². The first-order valence-electron chi connectivity index (χ1n) is 6.02. The number of benzene rings is 2. The normalized spacial score (nSPS) is 11.3. The summed E-state index contributed by atoms with van der Waals surface area (Å²) in [5.74, 6) is -0.492. The summed E-state index contributed by atoms with van der Waals surface area (Å²) in [5.41, 5.74) is 0.317. The third-order valence-corrected chi connectivity index (χ3v) is 3.29. The number of rotatable bonds is 2. The number of amides is 1. The van der Waals surface area contributed by atoms with E-state index in [0.29, 0.717) is 16.1 Å². The first kappa shape index (κ1) is 15.4. The van der Waals surface area contributed by atoms with Crippen LogP contribution in [0.5, 0.6) is 0 Å². The van der Waals surface area contributed by atoms with E-state index in [1.165, 1.54) is 18.2 Å². The van der Waals surface area contributed by atoms with E-state index in [2.05, 4.69) is 5.32 Å². The Kier molecular flexibility index (Phi) is 4.23. The lowest BCUT2D eigenvalue weighted by molar-refractivity contribution is -0.137. The van der Waals surface area contributed by atoms with E-state index in [1.54, 1.807) is 19.1 Å². The SMILES string of the molecule is Cc1cc(C(=O)Nc2cccc(C(F)(F)F)c2)ccc1Cl. The summed E-state index contributed by atoms with van der Waals surface area (Å²) in [6, 6.07) is 9.13. The van der Waals surface area contributed by atoms with E-state index < -0.39 is 17.6 Å². The Balaban J connectivity index is 2.21. The quantitative estimate of drug-likeness (QED) is 0.837. The molecular weight excluding hydrogens is 303 g/mol. The standard InChI is InChI=1S/C15H11ClF3NO/c1-9-7-10(5-6-13(9)16)14(21)20-12-4-2-3-11(8-12)15(17,18)19/h2-8H,1H3,(H,20,21). The van der Waals surface area contributed by atoms with Crippen LogP contribution in [0.3, 0.4) is 0 Å². The van der Waals surface area contributed by atoms with Gasteiger partial charge in [-0.15, -0.1) is 0 Å². The molecule has 0 spiro atoms. The van der Waals surface area contributed by atoms with Gasteiger partial charge in [-0.05, 0) is 48.9 Å². The van der Waals surface area contributed by atoms with Crippen LogP contribution >= 0.6 is 11.6 Å². The molecule has 0 aliphatic carbocycles. The highest BCUT2D eigenvalue weighted by Crippen LogP contribution is 2.30. The number of carbonyl (C=O) groups excluding carboxylic acids is 1. The van der Waals surface area contributed by atoms with Gasteiger partial charge in [0.2, 0.25) is 0 Å². The van der Waals surface area contributed by atoms with E-state index in [4.69, 9.17) is 11.6 Å². The number of anilines is 1. The van der Waals surface area contributed by atoms with Gasteiger partial charge in [-0.25, -0.2) is 0 Å². The highest BCUT2D eigenvalue weighted by atomic mass is 35.5. The number of nitrogens with one attached hydrogen (secondary N) is 1. The molecule has 110 valence electrons. The molecule has 0 heterocycles. The van der Waals surface area contributed by atoms with Crippen molar-refractivity contribution >= 4 is 23.2 Å². The summed E-state index contributed by atoms with van der Waals surface area (Å²) in [7, 11) is 0. The predicted molar refractivity (Wildman–Crippen MR) is 75.6 cm³/mol. The summed E-state index contributed by atoms with van der Waals surface area (Å²) in [6.07, 6.45) is -4.45. The first-order valence-corrected chi connectivity index (χ1v) is 6.40. The minimum Gasteiger partial charge on any atom is -0.322 e. The zero-order chi connectivity index (χ0) is 15.6. The van der Waals surface area contributed by atoms with E-state index in [1.807, 2.05) is 0 Å². The number of alkyl halides is 3. The molecule has 2 aromatic rings. The minimum absolute atomic E-state index is 0.0856. The van der Waals surface area contributed by atoms with Crippen molar-refractivity contribution in [2.75, 3.05) is 5.32 Å². The Morgan fingerprint density at radius 2 is 1.86 bits per heavy atom. The molecule has 0 fully saturated rings. The maximum Gasteiger partial charge on any atom is 0.416 e. The fraction of sp³-hybridized carbons (Fsp3) is 0.133. The zero-order valence-corrected chi connectivity index (χ0v) is 11.7. The monoisotopic (exact) mass is 313 g/mol. The number of carbonyl (C=O) groups is 1. The largest absolute Gasteiger partial charge is 0.416 e. The molecule has 0 radical (unpaired) electrons. The Labute approximate surface area is 124 Å². The summed E-state index contributed by atoms with van der Waals surface area (Å²) >= 11 is 5.86. The van der Waals surface area contributed by atoms with Crippen molar-refractivity contribution in [2.24, 2.45) is 0 Å². The van der Waals surface area contributed by atoms with Crippen molar-refractivity contribution in [3.63, 3.8) is 0 Å². The Morgan fingerprint density at radius 1 is 1.14 bits per heavy atom. The van der Waals surface area contributed by atoms with E-state index in [9.17, 15) is 18.0 Å². The molecule has 1 N–H and O–H groups in total. The number of aryl methyl sites for hydroxylation is 1. The van der Waals surface area contributed by atoms with Crippen LogP contribution in [0.15, 0.2) is 42.5 Å². The molecule has 0 aliphatic heterocycles. The van der Waals surface area contributed by atoms with Crippen LogP contribution < -0.4 is 5.32 Å². The molecule has 2 nitrogen and oxygen atoms in total. The number of hydrogen-bond donors (Lipinski definition) is 1. The number of halogens is 4. The molecule has 2 rings (SSSR count). The third-order valence-electron chi connectivity index (χ3n) is 2.87. The van der Waals surface area contributed by atoms with E-state index in [-0.39, 0.29) is 5.69 Å². The lowest BCUT2D eigenvalue weighted by Gasteiger charge is -2.10. The van der Waals surface area contributed by atoms with Crippen LogP contribution in [0.4, 0.5) is 18.9 Å². The van der Waals surface area contributed by atoms with Crippen molar-refractivity contribution in [1.82, 2.24) is 0 Å². The van der Waals surface area contributed by atoms with E-state index >= 15 is 0 Å². The summed E-state index contributed by atoms with van der Waals surface area (Å²) in [5, 5.41) is 2.95. The fourth-order valence-electron chi connectivity index (χ4n) is 1.76. The Bertz CT molecular complexity index is 683. The lowest BCUT2D eigenvalue weighted by atomic mass is 10.1. The molecule has 0 aromatic heterocycles. The second kappa shape index (κ2) is 5.77. The highest BCUT2D eigenvalue weighted by molar-refractivity contribution is 6.31. The highest BCUT2D eigenvalue weighted by Gasteiger charge is 2.30. The molecule has 2 aromatic carbocycles. The predicted octanol–water partition coefficient (Wildman–Crippen LogP) is 4.92. The number of hydrogen-bond acceptors (Lipinski definition) is 1. The summed E-state index contributed by atoms with van der Waals surface area (Å²) < 4.78 is 37.8. The third kappa shape index (κ3) is 3.76. The van der Waals surface area contributed by atoms with Crippen molar-refractivity contribution in [1.29, 1.82) is 0 Å². The molecule has 0 saturated heterocycles. The van der Waals surface area contributed by atoms with Gasteiger partial charge in [0.1, 0.15) is 0 Å². The molecule has 21 heavy (non-hydrogen) atoms. The molecule has 0 atom stereocenters. The molecule has 0 unspecified atom stereocenters. The van der Waals surface area contributed by atoms with E-state index in [0.717, 1.165) is 12.1 Å². The van der Waals surface area contributed by atoms with Crippen LogP contribution in [-0.2, 0) is 6.18 Å². The van der Waals surface area contributed by atoms with Crippen LogP contribution in [-0.4, -0.2) is 5.91 Å². The smallest absolute Gasteiger partial charge is 0.322 e. The summed E-state index contributed by atoms with van der Waals surface area (Å²) in [6.45, 7) is 1.74. The maximum atomic E-state index is 12.6.